The number of amides is 1. The van der Waals surface area contributed by atoms with Crippen molar-refractivity contribution in [3.05, 3.63) is 61.0 Å². The number of esters is 1. The molecule has 0 unspecified atom stereocenters. The number of carbonyl (C=O) groups excluding carboxylic acids is 2. The predicted molar refractivity (Wildman–Crippen MR) is 126 cm³/mol. The van der Waals surface area contributed by atoms with Crippen molar-refractivity contribution < 1.29 is 23.8 Å². The molecule has 0 aliphatic carbocycles. The second-order valence-corrected chi connectivity index (χ2v) is 9.39. The summed E-state index contributed by atoms with van der Waals surface area (Å²) < 4.78 is 16.1. The zero-order chi connectivity index (χ0) is 24.1. The van der Waals surface area contributed by atoms with Crippen molar-refractivity contribution in [2.24, 2.45) is 0 Å². The molecule has 0 saturated carbocycles. The Labute approximate surface area is 211 Å². The van der Waals surface area contributed by atoms with Gasteiger partial charge in [-0.2, -0.15) is 0 Å². The van der Waals surface area contributed by atoms with E-state index < -0.39 is 23.7 Å². The van der Waals surface area contributed by atoms with Gasteiger partial charge in [-0.05, 0) is 26.3 Å². The molecule has 0 fully saturated rings. The Kier molecular flexibility index (Phi) is 9.76. The van der Waals surface area contributed by atoms with Crippen molar-refractivity contribution in [2.45, 2.75) is 39.0 Å². The van der Waals surface area contributed by atoms with E-state index in [1.165, 1.54) is 0 Å². The number of hydrogen-bond acceptors (Lipinski definition) is 5. The van der Waals surface area contributed by atoms with Gasteiger partial charge in [0.2, 0.25) is 0 Å². The van der Waals surface area contributed by atoms with Gasteiger partial charge < -0.3 is 19.5 Å². The fraction of sp³-hybridized carbons (Fsp3) is 0.333. The van der Waals surface area contributed by atoms with Crippen molar-refractivity contribution in [1.29, 1.82) is 0 Å². The topological polar surface area (TPSA) is 73.9 Å². The van der Waals surface area contributed by atoms with Gasteiger partial charge in [0.05, 0.1) is 27.3 Å². The molecule has 1 N–H and O–H groups in total. The third kappa shape index (κ3) is 7.58. The minimum Gasteiger partial charge on any atom is -0.445 e. The molecule has 0 saturated heterocycles. The molecule has 0 aliphatic rings. The van der Waals surface area contributed by atoms with Crippen molar-refractivity contribution >= 4 is 70.1 Å². The first-order chi connectivity index (χ1) is 14.9. The molecule has 2 aromatic carbocycles. The van der Waals surface area contributed by atoms with Crippen LogP contribution in [0.5, 0.6) is 5.75 Å². The van der Waals surface area contributed by atoms with Crippen LogP contribution < -0.4 is 10.1 Å². The van der Waals surface area contributed by atoms with Crippen LogP contribution in [0.2, 0.25) is 25.1 Å². The molecule has 2 aromatic rings. The summed E-state index contributed by atoms with van der Waals surface area (Å²) in [7, 11) is 0. The molecule has 11 heteroatoms. The molecule has 32 heavy (non-hydrogen) atoms. The highest BCUT2D eigenvalue weighted by molar-refractivity contribution is 6.55. The van der Waals surface area contributed by atoms with E-state index in [0.29, 0.717) is 0 Å². The van der Waals surface area contributed by atoms with Gasteiger partial charge in [0.1, 0.15) is 16.7 Å². The van der Waals surface area contributed by atoms with Gasteiger partial charge in [0.25, 0.3) is 0 Å². The van der Waals surface area contributed by atoms with Crippen LogP contribution in [-0.2, 0) is 20.9 Å². The molecule has 174 valence electrons. The number of hydrogen-bond donors (Lipinski definition) is 1. The molecule has 1 amide bonds. The summed E-state index contributed by atoms with van der Waals surface area (Å²) in [4.78, 5) is 25.1. The molecule has 0 radical (unpaired) electrons. The van der Waals surface area contributed by atoms with Gasteiger partial charge >= 0.3 is 12.1 Å². The molecule has 1 atom stereocenters. The highest BCUT2D eigenvalue weighted by atomic mass is 35.5. The maximum absolute atomic E-state index is 12.8. The summed E-state index contributed by atoms with van der Waals surface area (Å²) in [5, 5.41) is 1.65. The minimum atomic E-state index is -1.25. The smallest absolute Gasteiger partial charge is 0.408 e. The molecule has 0 spiro atoms. The van der Waals surface area contributed by atoms with E-state index in [-0.39, 0.29) is 44.1 Å². The first-order valence-corrected chi connectivity index (χ1v) is 11.1. The van der Waals surface area contributed by atoms with Crippen molar-refractivity contribution in [1.82, 2.24) is 5.32 Å². The molecule has 0 aromatic heterocycles. The zero-order valence-corrected chi connectivity index (χ0v) is 21.1. The SMILES string of the molecule is CC(C)(C)OC[C@H](NC(=O)OCc1ccccc1)C(=O)Oc1c(Cl)c(Cl)c(Cl)c(Cl)c1Cl. The van der Waals surface area contributed by atoms with E-state index in [2.05, 4.69) is 5.32 Å². The van der Waals surface area contributed by atoms with Crippen molar-refractivity contribution in [3.63, 3.8) is 0 Å². The zero-order valence-electron chi connectivity index (χ0n) is 17.3. The molecular weight excluding hydrogens is 523 g/mol. The number of nitrogens with one attached hydrogen (secondary N) is 1. The van der Waals surface area contributed by atoms with Crippen LogP contribution in [0.15, 0.2) is 30.3 Å². The third-order valence-electron chi connectivity index (χ3n) is 3.84. The average Bonchev–Trinajstić information content (AvgIpc) is 2.75. The highest BCUT2D eigenvalue weighted by Gasteiger charge is 2.29. The third-order valence-corrected chi connectivity index (χ3v) is 6.09. The monoisotopic (exact) mass is 541 g/mol. The summed E-state index contributed by atoms with van der Waals surface area (Å²) in [6.45, 7) is 5.16. The van der Waals surface area contributed by atoms with Crippen LogP contribution in [-0.4, -0.2) is 30.3 Å². The maximum atomic E-state index is 12.8. The van der Waals surface area contributed by atoms with Gasteiger partial charge in [-0.15, -0.1) is 0 Å². The number of alkyl carbamates (subject to hydrolysis) is 1. The summed E-state index contributed by atoms with van der Waals surface area (Å²) in [5.74, 6) is -1.22. The van der Waals surface area contributed by atoms with Crippen LogP contribution in [0.25, 0.3) is 0 Å². The van der Waals surface area contributed by atoms with Crippen LogP contribution in [0.3, 0.4) is 0 Å². The quantitative estimate of drug-likeness (QED) is 0.177. The molecule has 0 bridgehead atoms. The Morgan fingerprint density at radius 2 is 1.44 bits per heavy atom. The number of benzene rings is 2. The van der Waals surface area contributed by atoms with E-state index in [1.807, 2.05) is 18.2 Å². The molecule has 2 rings (SSSR count). The Morgan fingerprint density at radius 3 is 1.97 bits per heavy atom. The van der Waals surface area contributed by atoms with Crippen LogP contribution >= 0.6 is 58.0 Å². The number of carbonyl (C=O) groups is 2. The standard InChI is InChI=1S/C21H20Cl5NO5/c1-21(2,3)31-10-12(27-20(29)30-9-11-7-5-4-6-8-11)19(28)32-18-16(25)14(23)13(22)15(24)17(18)26/h4-8,12H,9-10H2,1-3H3,(H,27,29)/t12-/m0/s1. The molecular formula is C21H20Cl5NO5. The van der Waals surface area contributed by atoms with E-state index in [1.54, 1.807) is 32.9 Å². The summed E-state index contributed by atoms with van der Waals surface area (Å²) >= 11 is 30.2. The first kappa shape index (κ1) is 26.8. The van der Waals surface area contributed by atoms with Crippen LogP contribution in [0.4, 0.5) is 4.79 Å². The van der Waals surface area contributed by atoms with E-state index in [9.17, 15) is 9.59 Å². The van der Waals surface area contributed by atoms with Gasteiger partial charge in [-0.1, -0.05) is 88.3 Å². The molecule has 0 heterocycles. The lowest BCUT2D eigenvalue weighted by Gasteiger charge is -2.24. The van der Waals surface area contributed by atoms with Crippen LogP contribution in [0.1, 0.15) is 26.3 Å². The lowest BCUT2D eigenvalue weighted by atomic mass is 10.2. The minimum absolute atomic E-state index is 0.00856. The predicted octanol–water partition coefficient (Wildman–Crippen LogP) is 6.97. The average molecular weight is 544 g/mol. The molecule has 0 aliphatic heterocycles. The number of ether oxygens (including phenoxy) is 3. The first-order valence-electron chi connectivity index (χ1n) is 9.25. The van der Waals surface area contributed by atoms with Crippen LogP contribution in [0, 0.1) is 0 Å². The summed E-state index contributed by atoms with van der Waals surface area (Å²) in [6.07, 6.45) is -0.849. The Hall–Kier alpha value is -1.41. The largest absolute Gasteiger partial charge is 0.445 e. The maximum Gasteiger partial charge on any atom is 0.408 e. The lowest BCUT2D eigenvalue weighted by molar-refractivity contribution is -0.139. The van der Waals surface area contributed by atoms with E-state index in [4.69, 9.17) is 72.2 Å². The normalized spacial score (nSPS) is 12.2. The van der Waals surface area contributed by atoms with E-state index >= 15 is 0 Å². The lowest BCUT2D eigenvalue weighted by Crippen LogP contribution is -2.47. The second-order valence-electron chi connectivity index (χ2n) is 7.50. The van der Waals surface area contributed by atoms with Crippen molar-refractivity contribution in [2.75, 3.05) is 6.61 Å². The Balaban J connectivity index is 2.17. The second kappa shape index (κ2) is 11.6. The Morgan fingerprint density at radius 1 is 0.906 bits per heavy atom. The van der Waals surface area contributed by atoms with Gasteiger partial charge in [0, 0.05) is 0 Å². The van der Waals surface area contributed by atoms with E-state index in [0.717, 1.165) is 5.56 Å². The van der Waals surface area contributed by atoms with Crippen molar-refractivity contribution in [3.8, 4) is 5.75 Å². The number of halogens is 5. The highest BCUT2D eigenvalue weighted by Crippen LogP contribution is 2.48. The fourth-order valence-electron chi connectivity index (χ4n) is 2.26. The van der Waals surface area contributed by atoms with Gasteiger partial charge in [-0.25, -0.2) is 9.59 Å². The molecule has 6 nitrogen and oxygen atoms in total. The summed E-state index contributed by atoms with van der Waals surface area (Å²) in [5.41, 5.74) is 0.174. The fourth-order valence-corrected chi connectivity index (χ4v) is 3.45. The van der Waals surface area contributed by atoms with Gasteiger partial charge in [0.15, 0.2) is 11.8 Å². The summed E-state index contributed by atoms with van der Waals surface area (Å²) in [6, 6.07) is 7.79. The number of rotatable bonds is 7. The van der Waals surface area contributed by atoms with Gasteiger partial charge in [-0.3, -0.25) is 0 Å². The Bertz CT molecular complexity index is 950.